The molecule has 0 radical (unpaired) electrons. The molecule has 0 saturated carbocycles. The molecule has 98 valence electrons. The van der Waals surface area contributed by atoms with Crippen molar-refractivity contribution in [1.29, 1.82) is 0 Å². The number of carbonyl (C=O) groups is 1. The van der Waals surface area contributed by atoms with Gasteiger partial charge in [-0.05, 0) is 24.5 Å². The first-order chi connectivity index (χ1) is 8.56. The van der Waals surface area contributed by atoms with Crippen LogP contribution in [0, 0.1) is 10.1 Å². The molecule has 0 unspecified atom stereocenters. The average Bonchev–Trinajstić information content (AvgIpc) is 2.34. The van der Waals surface area contributed by atoms with E-state index in [1.165, 1.54) is 18.2 Å². The minimum absolute atomic E-state index is 0.134. The summed E-state index contributed by atoms with van der Waals surface area (Å²) in [5, 5.41) is 13.5. The fourth-order valence-corrected chi connectivity index (χ4v) is 1.95. The minimum Gasteiger partial charge on any atom is -0.352 e. The van der Waals surface area contributed by atoms with E-state index < -0.39 is 4.92 Å². The van der Waals surface area contributed by atoms with E-state index in [2.05, 4.69) is 5.32 Å². The zero-order chi connectivity index (χ0) is 13.5. The van der Waals surface area contributed by atoms with E-state index in [0.717, 1.165) is 12.2 Å². The van der Waals surface area contributed by atoms with Gasteiger partial charge in [0.2, 0.25) is 0 Å². The number of nitro benzene ring substituents is 1. The first-order valence-electron chi connectivity index (χ1n) is 5.27. The highest BCUT2D eigenvalue weighted by Gasteiger charge is 2.15. The van der Waals surface area contributed by atoms with E-state index in [1.54, 1.807) is 11.8 Å². The van der Waals surface area contributed by atoms with Crippen molar-refractivity contribution in [3.63, 3.8) is 0 Å². The molecule has 0 bridgehead atoms. The summed E-state index contributed by atoms with van der Waals surface area (Å²) < 4.78 is 0. The molecule has 0 aliphatic heterocycles. The zero-order valence-corrected chi connectivity index (χ0v) is 11.4. The maximum absolute atomic E-state index is 11.8. The lowest BCUT2D eigenvalue weighted by molar-refractivity contribution is -0.384. The molecule has 1 rings (SSSR count). The molecule has 0 fully saturated rings. The summed E-state index contributed by atoms with van der Waals surface area (Å²) in [6.45, 7) is 0.526. The Kier molecular flexibility index (Phi) is 5.94. The Hall–Kier alpha value is -1.27. The molecule has 1 N–H and O–H groups in total. The molecular formula is C11H13ClN2O3S. The summed E-state index contributed by atoms with van der Waals surface area (Å²) in [6.07, 6.45) is 2.83. The number of nitro groups is 1. The van der Waals surface area contributed by atoms with Crippen molar-refractivity contribution in [1.82, 2.24) is 5.32 Å². The summed E-state index contributed by atoms with van der Waals surface area (Å²) in [5.41, 5.74) is -0.0105. The zero-order valence-electron chi connectivity index (χ0n) is 9.81. The number of hydrogen-bond donors (Lipinski definition) is 1. The van der Waals surface area contributed by atoms with Crippen molar-refractivity contribution in [2.75, 3.05) is 18.6 Å². The molecule has 0 heterocycles. The lowest BCUT2D eigenvalue weighted by atomic mass is 10.2. The van der Waals surface area contributed by atoms with Crippen LogP contribution in [0.3, 0.4) is 0 Å². The van der Waals surface area contributed by atoms with Gasteiger partial charge in [0.1, 0.15) is 0 Å². The molecule has 0 spiro atoms. The predicted octanol–water partition coefficient (Wildman–Crippen LogP) is 2.73. The van der Waals surface area contributed by atoms with Crippen molar-refractivity contribution in [2.45, 2.75) is 6.42 Å². The highest BCUT2D eigenvalue weighted by atomic mass is 35.5. The summed E-state index contributed by atoms with van der Waals surface area (Å²) >= 11 is 7.54. The number of nitrogens with zero attached hydrogens (tertiary/aromatic N) is 1. The van der Waals surface area contributed by atoms with E-state index in [0.29, 0.717) is 6.54 Å². The predicted molar refractivity (Wildman–Crippen MR) is 73.4 cm³/mol. The van der Waals surface area contributed by atoms with E-state index >= 15 is 0 Å². The molecule has 18 heavy (non-hydrogen) atoms. The lowest BCUT2D eigenvalue weighted by Crippen LogP contribution is -2.25. The van der Waals surface area contributed by atoms with Gasteiger partial charge < -0.3 is 5.32 Å². The van der Waals surface area contributed by atoms with E-state index in [4.69, 9.17) is 11.6 Å². The van der Waals surface area contributed by atoms with Gasteiger partial charge >= 0.3 is 0 Å². The Morgan fingerprint density at radius 1 is 1.56 bits per heavy atom. The number of halogens is 1. The van der Waals surface area contributed by atoms with Gasteiger partial charge in [0.05, 0.1) is 15.5 Å². The Morgan fingerprint density at radius 3 is 2.89 bits per heavy atom. The Balaban J connectivity index is 2.72. The second kappa shape index (κ2) is 7.23. The van der Waals surface area contributed by atoms with Gasteiger partial charge in [-0.3, -0.25) is 14.9 Å². The highest BCUT2D eigenvalue weighted by molar-refractivity contribution is 7.98. The number of amides is 1. The quantitative estimate of drug-likeness (QED) is 0.496. The SMILES string of the molecule is CSCCCNC(=O)c1cc([N+](=O)[O-])ccc1Cl. The fraction of sp³-hybridized carbons (Fsp3) is 0.364. The van der Waals surface area contributed by atoms with Crippen LogP contribution in [0.2, 0.25) is 5.02 Å². The van der Waals surface area contributed by atoms with E-state index in [9.17, 15) is 14.9 Å². The molecule has 0 aliphatic carbocycles. The van der Waals surface area contributed by atoms with Crippen LogP contribution in [0.4, 0.5) is 5.69 Å². The monoisotopic (exact) mass is 288 g/mol. The van der Waals surface area contributed by atoms with Crippen molar-refractivity contribution >= 4 is 35.0 Å². The topological polar surface area (TPSA) is 72.2 Å². The Bertz CT molecular complexity index is 454. The van der Waals surface area contributed by atoms with Crippen LogP contribution < -0.4 is 5.32 Å². The summed E-state index contributed by atoms with van der Waals surface area (Å²) in [4.78, 5) is 21.8. The first-order valence-corrected chi connectivity index (χ1v) is 7.04. The van der Waals surface area contributed by atoms with Crippen molar-refractivity contribution in [2.24, 2.45) is 0 Å². The van der Waals surface area contributed by atoms with Gasteiger partial charge in [-0.25, -0.2) is 0 Å². The number of non-ortho nitro benzene ring substituents is 1. The molecule has 0 aromatic heterocycles. The Morgan fingerprint density at radius 2 is 2.28 bits per heavy atom. The third kappa shape index (κ3) is 4.19. The molecule has 0 atom stereocenters. The number of nitrogens with one attached hydrogen (secondary N) is 1. The van der Waals surface area contributed by atoms with Crippen LogP contribution >= 0.6 is 23.4 Å². The Labute approximate surface area is 114 Å². The molecular weight excluding hydrogens is 276 g/mol. The second-order valence-corrected chi connectivity index (χ2v) is 4.92. The molecule has 0 saturated heterocycles. The van der Waals surface area contributed by atoms with Gasteiger partial charge in [0, 0.05) is 18.7 Å². The molecule has 5 nitrogen and oxygen atoms in total. The van der Waals surface area contributed by atoms with Crippen LogP contribution in [-0.4, -0.2) is 29.4 Å². The van der Waals surface area contributed by atoms with Crippen molar-refractivity contribution in [3.05, 3.63) is 38.9 Å². The van der Waals surface area contributed by atoms with Gasteiger partial charge in [-0.15, -0.1) is 0 Å². The van der Waals surface area contributed by atoms with Crippen molar-refractivity contribution < 1.29 is 9.72 Å². The standard InChI is InChI=1S/C11H13ClN2O3S/c1-18-6-2-5-13-11(15)9-7-8(14(16)17)3-4-10(9)12/h3-4,7H,2,5-6H2,1H3,(H,13,15). The molecule has 1 aromatic carbocycles. The lowest BCUT2D eigenvalue weighted by Gasteiger charge is -2.06. The van der Waals surface area contributed by atoms with Crippen LogP contribution in [0.25, 0.3) is 0 Å². The average molecular weight is 289 g/mol. The van der Waals surface area contributed by atoms with Crippen LogP contribution in [0.15, 0.2) is 18.2 Å². The van der Waals surface area contributed by atoms with Gasteiger partial charge in [0.25, 0.3) is 11.6 Å². The summed E-state index contributed by atoms with van der Waals surface area (Å²) in [6, 6.07) is 3.82. The molecule has 0 aliphatic rings. The molecule has 1 amide bonds. The fourth-order valence-electron chi connectivity index (χ4n) is 1.31. The largest absolute Gasteiger partial charge is 0.352 e. The summed E-state index contributed by atoms with van der Waals surface area (Å²) in [5.74, 6) is 0.563. The number of benzene rings is 1. The normalized spacial score (nSPS) is 10.1. The number of rotatable bonds is 6. The maximum Gasteiger partial charge on any atom is 0.270 e. The smallest absolute Gasteiger partial charge is 0.270 e. The maximum atomic E-state index is 11.8. The minimum atomic E-state index is -0.555. The van der Waals surface area contributed by atoms with Crippen LogP contribution in [0.1, 0.15) is 16.8 Å². The summed E-state index contributed by atoms with van der Waals surface area (Å²) in [7, 11) is 0. The highest BCUT2D eigenvalue weighted by Crippen LogP contribution is 2.21. The number of hydrogen-bond acceptors (Lipinski definition) is 4. The third-order valence-corrected chi connectivity index (χ3v) is 3.24. The van der Waals surface area contributed by atoms with Gasteiger partial charge in [-0.1, -0.05) is 11.6 Å². The van der Waals surface area contributed by atoms with Gasteiger partial charge in [-0.2, -0.15) is 11.8 Å². The van der Waals surface area contributed by atoms with Crippen LogP contribution in [0.5, 0.6) is 0 Å². The number of thioether (sulfide) groups is 1. The van der Waals surface area contributed by atoms with E-state index in [1.807, 2.05) is 6.26 Å². The van der Waals surface area contributed by atoms with E-state index in [-0.39, 0.29) is 22.2 Å². The molecule has 1 aromatic rings. The third-order valence-electron chi connectivity index (χ3n) is 2.22. The second-order valence-electron chi connectivity index (χ2n) is 3.52. The number of carbonyl (C=O) groups excluding carboxylic acids is 1. The van der Waals surface area contributed by atoms with Crippen LogP contribution in [-0.2, 0) is 0 Å². The van der Waals surface area contributed by atoms with Gasteiger partial charge in [0.15, 0.2) is 0 Å². The molecule has 7 heteroatoms. The first kappa shape index (κ1) is 14.8. The van der Waals surface area contributed by atoms with Crippen molar-refractivity contribution in [3.8, 4) is 0 Å².